The minimum Gasteiger partial charge on any atom is -0.372 e. The van der Waals surface area contributed by atoms with Gasteiger partial charge in [0.1, 0.15) is 11.1 Å². The highest BCUT2D eigenvalue weighted by molar-refractivity contribution is 7.19. The van der Waals surface area contributed by atoms with Crippen molar-refractivity contribution in [1.29, 1.82) is 5.26 Å². The molecule has 0 unspecified atom stereocenters. The molecule has 0 N–H and O–H groups in total. The van der Waals surface area contributed by atoms with Crippen LogP contribution in [0.4, 0.5) is 5.69 Å². The Morgan fingerprint density at radius 2 is 0.864 bits per heavy atom. The molecule has 0 fully saturated rings. The number of hydrogen-bond donors (Lipinski definition) is 0. The summed E-state index contributed by atoms with van der Waals surface area (Å²) in [6, 6.07) is 83.0. The van der Waals surface area contributed by atoms with Crippen molar-refractivity contribution in [2.45, 2.75) is 13.8 Å². The number of anilines is 1. The molecule has 10 aromatic carbocycles. The zero-order valence-electron chi connectivity index (χ0n) is 37.2. The second kappa shape index (κ2) is 20.6. The molecule has 0 aliphatic carbocycles. The van der Waals surface area contributed by atoms with Crippen LogP contribution in [0.1, 0.15) is 46.7 Å². The molecule has 4 heteroatoms. The van der Waals surface area contributed by atoms with Crippen molar-refractivity contribution >= 4 is 82.4 Å². The van der Waals surface area contributed by atoms with Crippen LogP contribution in [-0.4, -0.2) is 18.1 Å². The van der Waals surface area contributed by atoms with Crippen LogP contribution in [0.15, 0.2) is 231 Å². The highest BCUT2D eigenvalue weighted by Gasteiger charge is 2.16. The van der Waals surface area contributed by atoms with E-state index in [1.807, 2.05) is 30.3 Å². The van der Waals surface area contributed by atoms with Gasteiger partial charge in [-0.1, -0.05) is 206 Å². The number of para-hydroxylation sites is 1. The highest BCUT2D eigenvalue weighted by atomic mass is 32.1. The van der Waals surface area contributed by atoms with Gasteiger partial charge in [-0.3, -0.25) is 0 Å². The largest absolute Gasteiger partial charge is 0.372 e. The predicted molar refractivity (Wildman–Crippen MR) is 284 cm³/mol. The maximum Gasteiger partial charge on any atom is 0.135 e. The number of thiazole rings is 1. The monoisotopic (exact) mass is 867 g/mol. The Morgan fingerprint density at radius 3 is 1.24 bits per heavy atom. The SMILES string of the molecule is CCN(CC)c1ccc(/C=C(\C#N)c2nc3ccccc3s2)cc1.c1cc2ccc3cccc4ccc(c1)c2c34.c1ccc(C(=C(c2ccccc2)c2ccccc2)c2ccccc2)cc1. The fraction of sp³-hybridized carbons (Fsp3) is 0.0645. The van der Waals surface area contributed by atoms with Crippen LogP contribution >= 0.6 is 11.3 Å². The van der Waals surface area contributed by atoms with Gasteiger partial charge in [-0.05, 0) is 115 Å². The predicted octanol–water partition coefficient (Wildman–Crippen LogP) is 16.5. The number of allylic oxidation sites excluding steroid dienone is 1. The fourth-order valence-corrected chi connectivity index (χ4v) is 9.60. The summed E-state index contributed by atoms with van der Waals surface area (Å²) in [6.45, 7) is 6.28. The topological polar surface area (TPSA) is 39.9 Å². The van der Waals surface area contributed by atoms with Crippen LogP contribution < -0.4 is 4.90 Å². The molecule has 1 aromatic heterocycles. The van der Waals surface area contributed by atoms with Gasteiger partial charge in [0, 0.05) is 18.8 Å². The van der Waals surface area contributed by atoms with Crippen LogP contribution in [0.5, 0.6) is 0 Å². The zero-order valence-corrected chi connectivity index (χ0v) is 38.0. The van der Waals surface area contributed by atoms with Crippen molar-refractivity contribution in [2.24, 2.45) is 0 Å². The lowest BCUT2D eigenvalue weighted by molar-refractivity contribution is 0.866. The van der Waals surface area contributed by atoms with Crippen molar-refractivity contribution in [3.63, 3.8) is 0 Å². The van der Waals surface area contributed by atoms with Crippen molar-refractivity contribution in [3.05, 3.63) is 263 Å². The summed E-state index contributed by atoms with van der Waals surface area (Å²) in [4.78, 5) is 6.87. The average Bonchev–Trinajstić information content (AvgIpc) is 3.83. The van der Waals surface area contributed by atoms with Gasteiger partial charge in [0.15, 0.2) is 0 Å². The summed E-state index contributed by atoms with van der Waals surface area (Å²) >= 11 is 1.55. The highest BCUT2D eigenvalue weighted by Crippen LogP contribution is 2.37. The van der Waals surface area contributed by atoms with Crippen LogP contribution in [0.3, 0.4) is 0 Å². The number of hydrogen-bond acceptors (Lipinski definition) is 4. The molecule has 0 atom stereocenters. The molecule has 1 heterocycles. The average molecular weight is 868 g/mol. The van der Waals surface area contributed by atoms with Crippen molar-refractivity contribution in [1.82, 2.24) is 4.98 Å². The molecule has 0 bridgehead atoms. The first-order valence-corrected chi connectivity index (χ1v) is 23.3. The summed E-state index contributed by atoms with van der Waals surface area (Å²) in [5.74, 6) is 0. The Kier molecular flexibility index (Phi) is 13.5. The zero-order chi connectivity index (χ0) is 45.1. The molecule has 3 nitrogen and oxygen atoms in total. The molecule has 0 radical (unpaired) electrons. The Bertz CT molecular complexity index is 3090. The lowest BCUT2D eigenvalue weighted by Crippen LogP contribution is -2.21. The second-order valence-corrected chi connectivity index (χ2v) is 17.0. The van der Waals surface area contributed by atoms with Crippen molar-refractivity contribution in [3.8, 4) is 6.07 Å². The van der Waals surface area contributed by atoms with Gasteiger partial charge in [-0.25, -0.2) is 4.98 Å². The molecular formula is C62H49N3S. The molecule has 11 aromatic rings. The quantitative estimate of drug-likeness (QED) is 0.0824. The van der Waals surface area contributed by atoms with Gasteiger partial charge in [-0.2, -0.15) is 5.26 Å². The minimum atomic E-state index is 0.604. The smallest absolute Gasteiger partial charge is 0.135 e. The Morgan fingerprint density at radius 1 is 0.470 bits per heavy atom. The Hall–Kier alpha value is -8.10. The number of aromatic nitrogens is 1. The number of nitriles is 1. The van der Waals surface area contributed by atoms with E-state index in [9.17, 15) is 5.26 Å². The van der Waals surface area contributed by atoms with Gasteiger partial charge >= 0.3 is 0 Å². The van der Waals surface area contributed by atoms with E-state index in [0.29, 0.717) is 5.57 Å². The third-order valence-corrected chi connectivity index (χ3v) is 12.9. The van der Waals surface area contributed by atoms with Crippen LogP contribution in [-0.2, 0) is 0 Å². The molecule has 0 saturated heterocycles. The number of benzene rings is 10. The van der Waals surface area contributed by atoms with E-state index in [0.717, 1.165) is 33.9 Å². The first-order chi connectivity index (χ1) is 32.6. The van der Waals surface area contributed by atoms with Gasteiger partial charge in [0.05, 0.1) is 15.8 Å². The number of rotatable bonds is 9. The summed E-state index contributed by atoms with van der Waals surface area (Å²) in [7, 11) is 0. The molecule has 0 saturated carbocycles. The standard InChI is InChI=1S/C26H20.C20H19N3S.C16H10/c1-5-13-21(14-6-1)25(22-15-7-2-8-16-22)26(23-17-9-3-10-18-23)24-19-11-4-12-20-24;1-3-23(4-2)17-11-9-15(10-12-17)13-16(14-21)20-22-18-7-5-6-8-19(18)24-20;1-3-11-7-9-13-5-2-6-14-10-8-12(4-1)15(11)16(13)14/h1-20H;5-13H,3-4H2,1-2H3;1-10H/b;16-13+;. The van der Waals surface area contributed by atoms with E-state index in [4.69, 9.17) is 0 Å². The molecule has 11 rings (SSSR count). The molecule has 0 amide bonds. The van der Waals surface area contributed by atoms with Crippen molar-refractivity contribution < 1.29 is 0 Å². The molecular weight excluding hydrogens is 819 g/mol. The van der Waals surface area contributed by atoms with Crippen LogP contribution in [0.25, 0.3) is 65.3 Å². The molecule has 66 heavy (non-hydrogen) atoms. The third-order valence-electron chi connectivity index (χ3n) is 11.9. The van der Waals surface area contributed by atoms with E-state index in [1.165, 1.54) is 71.4 Å². The van der Waals surface area contributed by atoms with Gasteiger partial charge in [0.2, 0.25) is 0 Å². The van der Waals surface area contributed by atoms with E-state index in [2.05, 4.69) is 236 Å². The summed E-state index contributed by atoms with van der Waals surface area (Å²) < 4.78 is 1.10. The van der Waals surface area contributed by atoms with E-state index >= 15 is 0 Å². The first-order valence-electron chi connectivity index (χ1n) is 22.5. The van der Waals surface area contributed by atoms with Gasteiger partial charge < -0.3 is 4.90 Å². The lowest BCUT2D eigenvalue weighted by atomic mass is 9.86. The van der Waals surface area contributed by atoms with E-state index in [-0.39, 0.29) is 0 Å². The molecule has 0 aliphatic heterocycles. The van der Waals surface area contributed by atoms with Gasteiger partial charge in [0.25, 0.3) is 0 Å². The number of fused-ring (bicyclic) bond motifs is 1. The van der Waals surface area contributed by atoms with Crippen LogP contribution in [0, 0.1) is 11.3 Å². The molecule has 0 aliphatic rings. The van der Waals surface area contributed by atoms with E-state index < -0.39 is 0 Å². The third kappa shape index (κ3) is 9.54. The maximum atomic E-state index is 9.53. The number of nitrogens with zero attached hydrogens (tertiary/aromatic N) is 3. The lowest BCUT2D eigenvalue weighted by Gasteiger charge is -2.20. The Labute approximate surface area is 391 Å². The van der Waals surface area contributed by atoms with Gasteiger partial charge in [-0.15, -0.1) is 11.3 Å². The second-order valence-electron chi connectivity index (χ2n) is 15.9. The van der Waals surface area contributed by atoms with Crippen LogP contribution in [0.2, 0.25) is 0 Å². The molecule has 318 valence electrons. The summed E-state index contributed by atoms with van der Waals surface area (Å²) in [6.07, 6.45) is 1.91. The first kappa shape index (κ1) is 43.2. The van der Waals surface area contributed by atoms with Crippen molar-refractivity contribution in [2.75, 3.05) is 18.0 Å². The maximum absolute atomic E-state index is 9.53. The fourth-order valence-electron chi connectivity index (χ4n) is 8.67. The Balaban J connectivity index is 0.000000128. The minimum absolute atomic E-state index is 0.604. The van der Waals surface area contributed by atoms with E-state index in [1.54, 1.807) is 11.3 Å². The molecule has 0 spiro atoms. The summed E-state index contributed by atoms with van der Waals surface area (Å²) in [5.41, 5.74) is 11.2. The normalized spacial score (nSPS) is 11.1. The summed E-state index contributed by atoms with van der Waals surface area (Å²) in [5, 5.41) is 18.4.